The van der Waals surface area contributed by atoms with E-state index in [0.717, 1.165) is 19.3 Å². The number of nitrogens with one attached hydrogen (secondary N) is 2. The average Bonchev–Trinajstić information content (AvgIpc) is 2.48. The number of anilines is 1. The highest BCUT2D eigenvalue weighted by Gasteiger charge is 2.26. The highest BCUT2D eigenvalue weighted by atomic mass is 35.5. The van der Waals surface area contributed by atoms with Gasteiger partial charge in [-0.2, -0.15) is 0 Å². The first-order chi connectivity index (χ1) is 10.0. The van der Waals surface area contributed by atoms with Crippen molar-refractivity contribution in [2.24, 2.45) is 11.7 Å². The molecular weight excluding hydrogens is 290 g/mol. The Morgan fingerprint density at radius 1 is 1.33 bits per heavy atom. The Bertz CT molecular complexity index is 548. The third-order valence-corrected chi connectivity index (χ3v) is 4.03. The molecule has 5 nitrogen and oxygen atoms in total. The minimum Gasteiger partial charge on any atom is -0.355 e. The molecule has 21 heavy (non-hydrogen) atoms. The van der Waals surface area contributed by atoms with Crippen LogP contribution < -0.4 is 16.4 Å². The monoisotopic (exact) mass is 309 g/mol. The van der Waals surface area contributed by atoms with Gasteiger partial charge in [0.15, 0.2) is 0 Å². The SMILES string of the molecule is CNC(=O)c1cc(Cl)ccc1NC(=O)C1CCCC(N)C1. The summed E-state index contributed by atoms with van der Waals surface area (Å²) in [4.78, 5) is 24.2. The second-order valence-corrected chi connectivity index (χ2v) is 5.82. The van der Waals surface area contributed by atoms with Gasteiger partial charge in [-0.05, 0) is 37.5 Å². The van der Waals surface area contributed by atoms with Gasteiger partial charge in [0.1, 0.15) is 0 Å². The molecule has 0 bridgehead atoms. The molecule has 1 aromatic rings. The lowest BCUT2D eigenvalue weighted by Crippen LogP contribution is -2.34. The van der Waals surface area contributed by atoms with Gasteiger partial charge in [0.2, 0.25) is 5.91 Å². The predicted molar refractivity (Wildman–Crippen MR) is 83.4 cm³/mol. The summed E-state index contributed by atoms with van der Waals surface area (Å²) in [7, 11) is 1.54. The first-order valence-electron chi connectivity index (χ1n) is 7.09. The summed E-state index contributed by atoms with van der Waals surface area (Å²) in [5, 5.41) is 5.82. The first kappa shape index (κ1) is 15.8. The molecule has 1 aliphatic carbocycles. The number of halogens is 1. The highest BCUT2D eigenvalue weighted by molar-refractivity contribution is 6.31. The Kier molecular flexibility index (Phi) is 5.20. The molecule has 6 heteroatoms. The van der Waals surface area contributed by atoms with Gasteiger partial charge >= 0.3 is 0 Å². The van der Waals surface area contributed by atoms with Crippen molar-refractivity contribution in [3.63, 3.8) is 0 Å². The maximum Gasteiger partial charge on any atom is 0.253 e. The minimum atomic E-state index is -0.284. The van der Waals surface area contributed by atoms with E-state index in [9.17, 15) is 9.59 Å². The molecule has 0 aliphatic heterocycles. The molecule has 2 amide bonds. The van der Waals surface area contributed by atoms with Gasteiger partial charge in [-0.25, -0.2) is 0 Å². The Hall–Kier alpha value is -1.59. The molecular formula is C15H20ClN3O2. The van der Waals surface area contributed by atoms with E-state index >= 15 is 0 Å². The Morgan fingerprint density at radius 2 is 2.10 bits per heavy atom. The van der Waals surface area contributed by atoms with E-state index in [0.29, 0.717) is 22.7 Å². The number of amides is 2. The summed E-state index contributed by atoms with van der Waals surface area (Å²) in [6.07, 6.45) is 3.45. The van der Waals surface area contributed by atoms with Crippen LogP contribution in [-0.2, 0) is 4.79 Å². The van der Waals surface area contributed by atoms with Crippen LogP contribution in [0.3, 0.4) is 0 Å². The molecule has 1 fully saturated rings. The lowest BCUT2D eigenvalue weighted by molar-refractivity contribution is -0.120. The van der Waals surface area contributed by atoms with Crippen molar-refractivity contribution in [2.45, 2.75) is 31.7 Å². The smallest absolute Gasteiger partial charge is 0.253 e. The number of benzene rings is 1. The summed E-state index contributed by atoms with van der Waals surface area (Å²) in [5.41, 5.74) is 6.75. The molecule has 1 aliphatic rings. The number of rotatable bonds is 3. The van der Waals surface area contributed by atoms with Gasteiger partial charge < -0.3 is 16.4 Å². The summed E-state index contributed by atoms with van der Waals surface area (Å²) >= 11 is 5.91. The molecule has 0 spiro atoms. The fraction of sp³-hybridized carbons (Fsp3) is 0.467. The number of hydrogen-bond donors (Lipinski definition) is 3. The van der Waals surface area contributed by atoms with E-state index in [1.165, 1.54) is 7.05 Å². The van der Waals surface area contributed by atoms with E-state index in [1.807, 2.05) is 0 Å². The Morgan fingerprint density at radius 3 is 2.76 bits per heavy atom. The van der Waals surface area contributed by atoms with E-state index in [4.69, 9.17) is 17.3 Å². The highest BCUT2D eigenvalue weighted by Crippen LogP contribution is 2.26. The minimum absolute atomic E-state index is 0.0816. The molecule has 1 saturated carbocycles. The fourth-order valence-electron chi connectivity index (χ4n) is 2.65. The van der Waals surface area contributed by atoms with Crippen LogP contribution in [0, 0.1) is 5.92 Å². The van der Waals surface area contributed by atoms with Crippen LogP contribution in [-0.4, -0.2) is 24.9 Å². The number of nitrogens with two attached hydrogens (primary N) is 1. The normalized spacial score (nSPS) is 21.7. The van der Waals surface area contributed by atoms with Gasteiger partial charge in [-0.1, -0.05) is 18.0 Å². The molecule has 2 unspecified atom stereocenters. The van der Waals surface area contributed by atoms with Crippen molar-refractivity contribution >= 4 is 29.1 Å². The molecule has 0 saturated heterocycles. The summed E-state index contributed by atoms with van der Waals surface area (Å²) in [6, 6.07) is 4.92. The maximum absolute atomic E-state index is 12.3. The van der Waals surface area contributed by atoms with E-state index in [2.05, 4.69) is 10.6 Å². The third-order valence-electron chi connectivity index (χ3n) is 3.80. The number of carbonyl (C=O) groups excluding carboxylic acids is 2. The van der Waals surface area contributed by atoms with Crippen LogP contribution >= 0.6 is 11.6 Å². The number of hydrogen-bond acceptors (Lipinski definition) is 3. The Labute approximate surface area is 129 Å². The van der Waals surface area contributed by atoms with Crippen LogP contribution in [0.5, 0.6) is 0 Å². The van der Waals surface area contributed by atoms with Gasteiger partial charge in [0.25, 0.3) is 5.91 Å². The van der Waals surface area contributed by atoms with Gasteiger partial charge in [-0.15, -0.1) is 0 Å². The van der Waals surface area contributed by atoms with Crippen LogP contribution in [0.4, 0.5) is 5.69 Å². The predicted octanol–water partition coefficient (Wildman–Crippen LogP) is 2.16. The fourth-order valence-corrected chi connectivity index (χ4v) is 2.82. The Balaban J connectivity index is 2.15. The molecule has 2 atom stereocenters. The topological polar surface area (TPSA) is 84.2 Å². The largest absolute Gasteiger partial charge is 0.355 e. The molecule has 0 aromatic heterocycles. The van der Waals surface area contributed by atoms with Gasteiger partial charge in [0, 0.05) is 24.0 Å². The molecule has 0 radical (unpaired) electrons. The second kappa shape index (κ2) is 6.91. The van der Waals surface area contributed by atoms with E-state index in [1.54, 1.807) is 18.2 Å². The zero-order valence-electron chi connectivity index (χ0n) is 12.0. The molecule has 2 rings (SSSR count). The average molecular weight is 310 g/mol. The quantitative estimate of drug-likeness (QED) is 0.800. The second-order valence-electron chi connectivity index (χ2n) is 5.38. The van der Waals surface area contributed by atoms with Crippen molar-refractivity contribution in [1.82, 2.24) is 5.32 Å². The van der Waals surface area contributed by atoms with Crippen LogP contribution in [0.25, 0.3) is 0 Å². The van der Waals surface area contributed by atoms with Crippen LogP contribution in [0.2, 0.25) is 5.02 Å². The van der Waals surface area contributed by atoms with Crippen molar-refractivity contribution < 1.29 is 9.59 Å². The van der Waals surface area contributed by atoms with E-state index < -0.39 is 0 Å². The van der Waals surface area contributed by atoms with Crippen molar-refractivity contribution in [1.29, 1.82) is 0 Å². The van der Waals surface area contributed by atoms with Gasteiger partial charge in [-0.3, -0.25) is 9.59 Å². The van der Waals surface area contributed by atoms with Crippen LogP contribution in [0.15, 0.2) is 18.2 Å². The van der Waals surface area contributed by atoms with Crippen molar-refractivity contribution in [3.05, 3.63) is 28.8 Å². The molecule has 114 valence electrons. The molecule has 4 N–H and O–H groups in total. The zero-order valence-corrected chi connectivity index (χ0v) is 12.7. The molecule has 1 aromatic carbocycles. The first-order valence-corrected chi connectivity index (χ1v) is 7.47. The third kappa shape index (κ3) is 3.95. The zero-order chi connectivity index (χ0) is 15.4. The summed E-state index contributed by atoms with van der Waals surface area (Å²) in [5.74, 6) is -0.465. The maximum atomic E-state index is 12.3. The van der Waals surface area contributed by atoms with E-state index in [-0.39, 0.29) is 23.8 Å². The number of carbonyl (C=O) groups is 2. The van der Waals surface area contributed by atoms with Crippen molar-refractivity contribution in [3.8, 4) is 0 Å². The summed E-state index contributed by atoms with van der Waals surface area (Å²) < 4.78 is 0. The van der Waals surface area contributed by atoms with Crippen molar-refractivity contribution in [2.75, 3.05) is 12.4 Å². The standard InChI is InChI=1S/C15H20ClN3O2/c1-18-15(21)12-8-10(16)5-6-13(12)19-14(20)9-3-2-4-11(17)7-9/h5-6,8-9,11H,2-4,7,17H2,1H3,(H,18,21)(H,19,20). The van der Waals surface area contributed by atoms with Gasteiger partial charge in [0.05, 0.1) is 11.3 Å². The molecule has 0 heterocycles. The summed E-state index contributed by atoms with van der Waals surface area (Å²) in [6.45, 7) is 0. The lowest BCUT2D eigenvalue weighted by Gasteiger charge is -2.26. The lowest BCUT2D eigenvalue weighted by atomic mass is 9.85. The van der Waals surface area contributed by atoms with Crippen LogP contribution in [0.1, 0.15) is 36.0 Å².